The van der Waals surface area contributed by atoms with E-state index in [1.165, 1.54) is 13.3 Å². The molecule has 1 amide bonds. The van der Waals surface area contributed by atoms with E-state index in [-0.39, 0.29) is 10.9 Å². The Kier molecular flexibility index (Phi) is 4.46. The van der Waals surface area contributed by atoms with Gasteiger partial charge in [-0.15, -0.1) is 0 Å². The molecule has 1 saturated carbocycles. The number of carbonyl (C=O) groups excluding carboxylic acids is 1. The van der Waals surface area contributed by atoms with Gasteiger partial charge in [0.25, 0.3) is 10.0 Å². The topological polar surface area (TPSA) is 93.1 Å². The van der Waals surface area contributed by atoms with Crippen LogP contribution in [0.3, 0.4) is 0 Å². The van der Waals surface area contributed by atoms with Crippen LogP contribution in [-0.4, -0.2) is 24.1 Å². The number of hydrogen-bond donors (Lipinski definition) is 2. The Labute approximate surface area is 159 Å². The standard InChI is InChI=1S/C19H24N4O3S/c1-12(24)22-27(25,26)13-7-8-17-16(11-13)14-5-3-4-6-15(14)19(21-17)18-9-10-20-23(18)2/h7-11,14-15,19,21H,3-6H2,1-2H3,(H,22,24). The largest absolute Gasteiger partial charge is 0.376 e. The molecule has 8 heteroatoms. The van der Waals surface area contributed by atoms with Crippen LogP contribution >= 0.6 is 0 Å². The Bertz CT molecular complexity index is 983. The maximum Gasteiger partial charge on any atom is 0.264 e. The predicted molar refractivity (Wildman–Crippen MR) is 102 cm³/mol. The number of anilines is 1. The number of amides is 1. The zero-order valence-electron chi connectivity index (χ0n) is 15.5. The highest BCUT2D eigenvalue weighted by molar-refractivity contribution is 7.90. The Morgan fingerprint density at radius 2 is 2.04 bits per heavy atom. The maximum atomic E-state index is 12.4. The molecule has 0 bridgehead atoms. The summed E-state index contributed by atoms with van der Waals surface area (Å²) in [5, 5.41) is 7.93. The second-order valence-electron chi connectivity index (χ2n) is 7.47. The number of sulfonamides is 1. The molecular formula is C19H24N4O3S. The number of carbonyl (C=O) groups is 1. The van der Waals surface area contributed by atoms with E-state index in [1.54, 1.807) is 12.1 Å². The fourth-order valence-corrected chi connectivity index (χ4v) is 5.62. The third-order valence-corrected chi connectivity index (χ3v) is 7.18. The molecule has 2 aromatic rings. The van der Waals surface area contributed by atoms with Gasteiger partial charge in [-0.3, -0.25) is 9.48 Å². The lowest BCUT2D eigenvalue weighted by atomic mass is 9.69. The molecular weight excluding hydrogens is 364 g/mol. The number of aryl methyl sites for hydroxylation is 1. The van der Waals surface area contributed by atoms with Crippen molar-refractivity contribution in [1.29, 1.82) is 0 Å². The first-order chi connectivity index (χ1) is 12.9. The van der Waals surface area contributed by atoms with Gasteiger partial charge in [0, 0.05) is 25.9 Å². The van der Waals surface area contributed by atoms with Crippen LogP contribution in [0.5, 0.6) is 0 Å². The van der Waals surface area contributed by atoms with Gasteiger partial charge in [0.1, 0.15) is 0 Å². The van der Waals surface area contributed by atoms with Gasteiger partial charge in [0.15, 0.2) is 0 Å². The van der Waals surface area contributed by atoms with E-state index in [2.05, 4.69) is 15.1 Å². The smallest absolute Gasteiger partial charge is 0.264 e. The number of benzene rings is 1. The van der Waals surface area contributed by atoms with Gasteiger partial charge in [-0.1, -0.05) is 12.8 Å². The summed E-state index contributed by atoms with van der Waals surface area (Å²) >= 11 is 0. The van der Waals surface area contributed by atoms with Crippen LogP contribution in [0.2, 0.25) is 0 Å². The van der Waals surface area contributed by atoms with Gasteiger partial charge in [-0.05, 0) is 54.5 Å². The van der Waals surface area contributed by atoms with Crippen molar-refractivity contribution in [2.45, 2.75) is 49.5 Å². The van der Waals surface area contributed by atoms with Gasteiger partial charge in [-0.25, -0.2) is 13.1 Å². The molecule has 1 fully saturated rings. The molecule has 0 saturated heterocycles. The summed E-state index contributed by atoms with van der Waals surface area (Å²) in [6.07, 6.45) is 6.26. The first kappa shape index (κ1) is 18.0. The Morgan fingerprint density at radius 1 is 1.26 bits per heavy atom. The molecule has 7 nitrogen and oxygen atoms in total. The summed E-state index contributed by atoms with van der Waals surface area (Å²) in [7, 11) is -1.88. The molecule has 2 aliphatic rings. The molecule has 3 atom stereocenters. The van der Waals surface area contributed by atoms with Crippen LogP contribution < -0.4 is 10.0 Å². The molecule has 1 aromatic carbocycles. The number of rotatable bonds is 3. The molecule has 0 radical (unpaired) electrons. The molecule has 1 aromatic heterocycles. The van der Waals surface area contributed by atoms with Crippen LogP contribution in [0.4, 0.5) is 5.69 Å². The Morgan fingerprint density at radius 3 is 2.74 bits per heavy atom. The fraction of sp³-hybridized carbons (Fsp3) is 0.474. The lowest BCUT2D eigenvalue weighted by Crippen LogP contribution is -2.35. The normalized spacial score (nSPS) is 24.4. The van der Waals surface area contributed by atoms with E-state index in [0.717, 1.165) is 36.2 Å². The first-order valence-corrected chi connectivity index (χ1v) is 10.8. The fourth-order valence-electron chi connectivity index (χ4n) is 4.60. The van der Waals surface area contributed by atoms with Crippen molar-refractivity contribution in [2.24, 2.45) is 13.0 Å². The van der Waals surface area contributed by atoms with Crippen molar-refractivity contribution in [3.63, 3.8) is 0 Å². The van der Waals surface area contributed by atoms with Crippen molar-refractivity contribution >= 4 is 21.6 Å². The molecule has 3 unspecified atom stereocenters. The van der Waals surface area contributed by atoms with Gasteiger partial charge < -0.3 is 5.32 Å². The van der Waals surface area contributed by atoms with E-state index in [9.17, 15) is 13.2 Å². The lowest BCUT2D eigenvalue weighted by molar-refractivity contribution is -0.117. The SMILES string of the molecule is CC(=O)NS(=O)(=O)c1ccc2c(c1)C1CCCCC1C(c1ccnn1C)N2. The number of nitrogens with zero attached hydrogens (tertiary/aromatic N) is 2. The minimum Gasteiger partial charge on any atom is -0.376 e. The molecule has 1 aliphatic heterocycles. The summed E-state index contributed by atoms with van der Waals surface area (Å²) in [4.78, 5) is 11.4. The molecule has 4 rings (SSSR count). The number of nitrogens with one attached hydrogen (secondary N) is 2. The van der Waals surface area contributed by atoms with Crippen molar-refractivity contribution in [1.82, 2.24) is 14.5 Å². The van der Waals surface area contributed by atoms with Gasteiger partial charge in [0.05, 0.1) is 16.6 Å². The maximum absolute atomic E-state index is 12.4. The van der Waals surface area contributed by atoms with E-state index >= 15 is 0 Å². The van der Waals surface area contributed by atoms with E-state index in [0.29, 0.717) is 11.8 Å². The van der Waals surface area contributed by atoms with Crippen LogP contribution in [0.15, 0.2) is 35.4 Å². The van der Waals surface area contributed by atoms with Crippen LogP contribution in [0.25, 0.3) is 0 Å². The highest BCUT2D eigenvalue weighted by Crippen LogP contribution is 2.51. The average molecular weight is 388 g/mol. The lowest BCUT2D eigenvalue weighted by Gasteiger charge is -2.43. The quantitative estimate of drug-likeness (QED) is 0.843. The summed E-state index contributed by atoms with van der Waals surface area (Å²) in [5.41, 5.74) is 3.14. The average Bonchev–Trinajstić information content (AvgIpc) is 3.05. The molecule has 144 valence electrons. The third kappa shape index (κ3) is 3.22. The summed E-state index contributed by atoms with van der Waals surface area (Å²) < 4.78 is 28.8. The van der Waals surface area contributed by atoms with Crippen LogP contribution in [0, 0.1) is 5.92 Å². The summed E-state index contributed by atoms with van der Waals surface area (Å²) in [6, 6.07) is 7.31. The Balaban J connectivity index is 1.76. The minimum absolute atomic E-state index is 0.140. The van der Waals surface area contributed by atoms with E-state index < -0.39 is 15.9 Å². The third-order valence-electron chi connectivity index (χ3n) is 5.75. The predicted octanol–water partition coefficient (Wildman–Crippen LogP) is 2.69. The van der Waals surface area contributed by atoms with Crippen molar-refractivity contribution in [2.75, 3.05) is 5.32 Å². The molecule has 0 spiro atoms. The van der Waals surface area contributed by atoms with Gasteiger partial charge >= 0.3 is 0 Å². The molecule has 1 aliphatic carbocycles. The van der Waals surface area contributed by atoms with Gasteiger partial charge in [-0.2, -0.15) is 5.10 Å². The van der Waals surface area contributed by atoms with Crippen molar-refractivity contribution < 1.29 is 13.2 Å². The minimum atomic E-state index is -3.84. The summed E-state index contributed by atoms with van der Waals surface area (Å²) in [5.74, 6) is 0.0976. The molecule has 2 heterocycles. The van der Waals surface area contributed by atoms with Crippen molar-refractivity contribution in [3.8, 4) is 0 Å². The number of aromatic nitrogens is 2. The van der Waals surface area contributed by atoms with Gasteiger partial charge in [0.2, 0.25) is 5.91 Å². The summed E-state index contributed by atoms with van der Waals surface area (Å²) in [6.45, 7) is 1.20. The van der Waals surface area contributed by atoms with E-state index in [4.69, 9.17) is 0 Å². The van der Waals surface area contributed by atoms with E-state index in [1.807, 2.05) is 30.1 Å². The van der Waals surface area contributed by atoms with Crippen molar-refractivity contribution in [3.05, 3.63) is 41.7 Å². The second-order valence-corrected chi connectivity index (χ2v) is 9.15. The first-order valence-electron chi connectivity index (χ1n) is 9.28. The molecule has 27 heavy (non-hydrogen) atoms. The number of fused-ring (bicyclic) bond motifs is 3. The Hall–Kier alpha value is -2.35. The van der Waals surface area contributed by atoms with Crippen LogP contribution in [-0.2, 0) is 21.9 Å². The zero-order valence-corrected chi connectivity index (χ0v) is 16.3. The molecule has 2 N–H and O–H groups in total. The zero-order chi connectivity index (χ0) is 19.2. The second kappa shape index (κ2) is 6.67. The highest BCUT2D eigenvalue weighted by Gasteiger charge is 2.40. The number of hydrogen-bond acceptors (Lipinski definition) is 5. The van der Waals surface area contributed by atoms with Crippen LogP contribution in [0.1, 0.15) is 55.8 Å². The highest BCUT2D eigenvalue weighted by atomic mass is 32.2. The monoisotopic (exact) mass is 388 g/mol.